The molecule has 1 aliphatic carbocycles. The number of anilines is 1. The molecule has 0 heterocycles. The minimum Gasteiger partial charge on any atom is -0.283 e. The van der Waals surface area contributed by atoms with Gasteiger partial charge >= 0.3 is 0 Å². The van der Waals surface area contributed by atoms with Crippen LogP contribution in [0.2, 0.25) is 0 Å². The van der Waals surface area contributed by atoms with Crippen LogP contribution in [0.3, 0.4) is 0 Å². The van der Waals surface area contributed by atoms with Gasteiger partial charge in [0.1, 0.15) is 0 Å². The third kappa shape index (κ3) is 2.26. The van der Waals surface area contributed by atoms with Crippen molar-refractivity contribution in [2.45, 2.75) is 6.42 Å². The zero-order valence-corrected chi connectivity index (χ0v) is 11.4. The quantitative estimate of drug-likeness (QED) is 0.803. The Morgan fingerprint density at radius 3 is 2.65 bits per heavy atom. The molecule has 4 nitrogen and oxygen atoms in total. The number of rotatable bonds is 3. The van der Waals surface area contributed by atoms with Crippen molar-refractivity contribution in [1.82, 2.24) is 0 Å². The number of nitrogens with zero attached hydrogens (tertiary/aromatic N) is 1. The molecule has 0 unspecified atom stereocenters. The maximum absolute atomic E-state index is 11.6. The molecule has 0 aromatic heterocycles. The average molecular weight is 284 g/mol. The van der Waals surface area contributed by atoms with Crippen LogP contribution in [0.5, 0.6) is 0 Å². The zero-order valence-electron chi connectivity index (χ0n) is 10.6. The summed E-state index contributed by atoms with van der Waals surface area (Å²) in [6.45, 7) is 0. The first-order valence-electron chi connectivity index (χ1n) is 6.18. The molecule has 100 valence electrons. The average Bonchev–Trinajstić information content (AvgIpc) is 2.75. The second-order valence-electron chi connectivity index (χ2n) is 4.73. The molecule has 0 spiro atoms. The van der Waals surface area contributed by atoms with E-state index in [9.17, 15) is 8.42 Å². The monoisotopic (exact) mass is 284 g/mol. The second-order valence-corrected chi connectivity index (χ2v) is 6.45. The number of sulfonamides is 1. The van der Waals surface area contributed by atoms with Crippen molar-refractivity contribution < 1.29 is 8.42 Å². The van der Waals surface area contributed by atoms with E-state index in [1.807, 2.05) is 24.3 Å². The molecule has 5 heteroatoms. The molecule has 2 aromatic carbocycles. The molecular weight excluding hydrogens is 272 g/mol. The highest BCUT2D eigenvalue weighted by atomic mass is 32.2. The van der Waals surface area contributed by atoms with E-state index >= 15 is 0 Å². The molecule has 0 fully saturated rings. The van der Waals surface area contributed by atoms with E-state index in [4.69, 9.17) is 5.26 Å². The zero-order chi connectivity index (χ0) is 14.2. The highest BCUT2D eigenvalue weighted by molar-refractivity contribution is 7.92. The third-order valence-corrected chi connectivity index (χ3v) is 4.38. The van der Waals surface area contributed by atoms with E-state index in [0.29, 0.717) is 5.69 Å². The minimum atomic E-state index is -3.58. The van der Waals surface area contributed by atoms with E-state index < -0.39 is 15.8 Å². The Labute approximate surface area is 117 Å². The Hall–Kier alpha value is -2.32. The van der Waals surface area contributed by atoms with E-state index in [-0.39, 0.29) is 0 Å². The smallest absolute Gasteiger partial charge is 0.246 e. The van der Waals surface area contributed by atoms with E-state index in [1.165, 1.54) is 11.1 Å². The summed E-state index contributed by atoms with van der Waals surface area (Å²) in [5, 5.41) is 8.48. The fraction of sp³-hybridized carbons (Fsp3) is 0.133. The van der Waals surface area contributed by atoms with Gasteiger partial charge in [-0.05, 0) is 40.8 Å². The van der Waals surface area contributed by atoms with Gasteiger partial charge in [-0.2, -0.15) is 5.26 Å². The predicted molar refractivity (Wildman–Crippen MR) is 77.7 cm³/mol. The number of hydrogen-bond acceptors (Lipinski definition) is 3. The lowest BCUT2D eigenvalue weighted by atomic mass is 10.1. The van der Waals surface area contributed by atoms with Gasteiger partial charge in [0, 0.05) is 5.69 Å². The van der Waals surface area contributed by atoms with Crippen LogP contribution < -0.4 is 4.72 Å². The largest absolute Gasteiger partial charge is 0.283 e. The molecule has 0 saturated heterocycles. The summed E-state index contributed by atoms with van der Waals surface area (Å²) in [6.07, 6.45) is 0.805. The molecule has 20 heavy (non-hydrogen) atoms. The van der Waals surface area contributed by atoms with Crippen LogP contribution in [-0.4, -0.2) is 14.2 Å². The van der Waals surface area contributed by atoms with Crippen LogP contribution in [-0.2, 0) is 16.4 Å². The van der Waals surface area contributed by atoms with E-state index in [1.54, 1.807) is 12.1 Å². The molecule has 0 atom stereocenters. The lowest BCUT2D eigenvalue weighted by Crippen LogP contribution is -2.15. The van der Waals surface area contributed by atoms with Gasteiger partial charge in [0.15, 0.2) is 5.75 Å². The molecule has 3 rings (SSSR count). The summed E-state index contributed by atoms with van der Waals surface area (Å²) >= 11 is 0. The Morgan fingerprint density at radius 1 is 1.10 bits per heavy atom. The summed E-state index contributed by atoms with van der Waals surface area (Å²) in [6, 6.07) is 15.3. The Balaban J connectivity index is 1.94. The van der Waals surface area contributed by atoms with Gasteiger partial charge in [-0.1, -0.05) is 30.3 Å². The fourth-order valence-corrected chi connectivity index (χ4v) is 3.24. The molecule has 0 amide bonds. The Kier molecular flexibility index (Phi) is 2.96. The summed E-state index contributed by atoms with van der Waals surface area (Å²) < 4.78 is 25.6. The predicted octanol–water partition coefficient (Wildman–Crippen LogP) is 2.52. The molecule has 0 radical (unpaired) electrons. The maximum atomic E-state index is 11.6. The van der Waals surface area contributed by atoms with Gasteiger partial charge in [0.2, 0.25) is 10.0 Å². The van der Waals surface area contributed by atoms with Crippen LogP contribution in [0.25, 0.3) is 11.1 Å². The first-order valence-corrected chi connectivity index (χ1v) is 7.83. The van der Waals surface area contributed by atoms with Crippen molar-refractivity contribution in [3.8, 4) is 17.2 Å². The van der Waals surface area contributed by atoms with Gasteiger partial charge in [-0.15, -0.1) is 0 Å². The van der Waals surface area contributed by atoms with Crippen molar-refractivity contribution in [1.29, 1.82) is 5.26 Å². The van der Waals surface area contributed by atoms with Crippen molar-refractivity contribution in [3.63, 3.8) is 0 Å². The van der Waals surface area contributed by atoms with Crippen molar-refractivity contribution in [2.24, 2.45) is 0 Å². The highest BCUT2D eigenvalue weighted by Crippen LogP contribution is 2.37. The summed E-state index contributed by atoms with van der Waals surface area (Å²) in [5.41, 5.74) is 5.20. The number of nitrogens with one attached hydrogen (secondary N) is 1. The van der Waals surface area contributed by atoms with Gasteiger partial charge in [0.05, 0.1) is 6.07 Å². The summed E-state index contributed by atoms with van der Waals surface area (Å²) in [5.74, 6) is -0.537. The van der Waals surface area contributed by atoms with Crippen LogP contribution >= 0.6 is 0 Å². The van der Waals surface area contributed by atoms with Gasteiger partial charge in [0.25, 0.3) is 0 Å². The molecule has 0 bridgehead atoms. The number of hydrogen-bond donors (Lipinski definition) is 1. The molecule has 1 N–H and O–H groups in total. The van der Waals surface area contributed by atoms with Crippen molar-refractivity contribution in [3.05, 3.63) is 53.6 Å². The molecular formula is C15H12N2O2S. The normalized spacial score (nSPS) is 12.3. The highest BCUT2D eigenvalue weighted by Gasteiger charge is 2.18. The van der Waals surface area contributed by atoms with E-state index in [2.05, 4.69) is 16.9 Å². The summed E-state index contributed by atoms with van der Waals surface area (Å²) in [7, 11) is -3.58. The minimum absolute atomic E-state index is 0.506. The van der Waals surface area contributed by atoms with Gasteiger partial charge in [-0.25, -0.2) is 8.42 Å². The van der Waals surface area contributed by atoms with Gasteiger partial charge in [-0.3, -0.25) is 4.72 Å². The van der Waals surface area contributed by atoms with Crippen LogP contribution in [0.15, 0.2) is 42.5 Å². The second kappa shape index (κ2) is 4.66. The number of benzene rings is 2. The fourth-order valence-electron chi connectivity index (χ4n) is 2.51. The van der Waals surface area contributed by atoms with Crippen molar-refractivity contribution in [2.75, 3.05) is 10.5 Å². The SMILES string of the molecule is N#CCS(=O)(=O)Nc1ccc2c(c1)Cc1ccccc1-2. The molecule has 0 aliphatic heterocycles. The first kappa shape index (κ1) is 12.7. The topological polar surface area (TPSA) is 70.0 Å². The standard InChI is InChI=1S/C15H12N2O2S/c16-7-8-20(18,19)17-13-5-6-15-12(10-13)9-11-3-1-2-4-14(11)15/h1-6,10,17H,8-9H2. The lowest BCUT2D eigenvalue weighted by Gasteiger charge is -2.07. The lowest BCUT2D eigenvalue weighted by molar-refractivity contribution is 0.604. The molecule has 1 aliphatic rings. The Morgan fingerprint density at radius 2 is 1.85 bits per heavy atom. The summed E-state index contributed by atoms with van der Waals surface area (Å²) in [4.78, 5) is 0. The van der Waals surface area contributed by atoms with Crippen LogP contribution in [0.4, 0.5) is 5.69 Å². The number of fused-ring (bicyclic) bond motifs is 3. The first-order chi connectivity index (χ1) is 9.59. The maximum Gasteiger partial charge on any atom is 0.246 e. The van der Waals surface area contributed by atoms with Crippen molar-refractivity contribution >= 4 is 15.7 Å². The molecule has 2 aromatic rings. The van der Waals surface area contributed by atoms with Crippen LogP contribution in [0, 0.1) is 11.3 Å². The number of nitriles is 1. The van der Waals surface area contributed by atoms with Gasteiger partial charge < -0.3 is 0 Å². The van der Waals surface area contributed by atoms with Crippen LogP contribution in [0.1, 0.15) is 11.1 Å². The van der Waals surface area contributed by atoms with E-state index in [0.717, 1.165) is 17.5 Å². The Bertz CT molecular complexity index is 820. The third-order valence-electron chi connectivity index (χ3n) is 3.32. The molecule has 0 saturated carbocycles.